The number of primary amides is 1. The zero-order valence-corrected chi connectivity index (χ0v) is 5.61. The summed E-state index contributed by atoms with van der Waals surface area (Å²) in [4.78, 5) is 20.2. The smallest absolute Gasteiger partial charge is 0.284 e. The van der Waals surface area contributed by atoms with E-state index in [4.69, 9.17) is 10.2 Å². The van der Waals surface area contributed by atoms with E-state index in [-0.39, 0.29) is 12.3 Å². The molecule has 0 fully saturated rings. The Balaban J connectivity index is 2.81. The van der Waals surface area contributed by atoms with Gasteiger partial charge in [0.15, 0.2) is 5.76 Å². The topological polar surface area (TPSA) is 85.7 Å². The lowest BCUT2D eigenvalue weighted by atomic mass is 10.4. The first-order valence-electron chi connectivity index (χ1n) is 2.91. The van der Waals surface area contributed by atoms with Crippen LogP contribution in [0.2, 0.25) is 0 Å². The highest BCUT2D eigenvalue weighted by Gasteiger charge is 2.05. The van der Waals surface area contributed by atoms with Gasteiger partial charge >= 0.3 is 0 Å². The zero-order chi connectivity index (χ0) is 8.27. The van der Waals surface area contributed by atoms with Crippen LogP contribution in [0.25, 0.3) is 0 Å². The predicted octanol–water partition coefficient (Wildman–Crippen LogP) is 0.645. The number of furan rings is 1. The van der Waals surface area contributed by atoms with Gasteiger partial charge in [-0.25, -0.2) is 0 Å². The van der Waals surface area contributed by atoms with Crippen LogP contribution in [0.5, 0.6) is 0 Å². The van der Waals surface area contributed by atoms with Crippen molar-refractivity contribution < 1.29 is 9.21 Å². The molecule has 1 heterocycles. The highest BCUT2D eigenvalue weighted by molar-refractivity contribution is 5.89. The van der Waals surface area contributed by atoms with Crippen molar-refractivity contribution in [3.8, 4) is 0 Å². The minimum atomic E-state index is -0.651. The summed E-state index contributed by atoms with van der Waals surface area (Å²) < 4.78 is 4.82. The summed E-state index contributed by atoms with van der Waals surface area (Å²) in [5.41, 5.74) is 4.88. The van der Waals surface area contributed by atoms with Gasteiger partial charge in [-0.1, -0.05) is 5.18 Å². The van der Waals surface area contributed by atoms with Crippen LogP contribution < -0.4 is 5.73 Å². The van der Waals surface area contributed by atoms with Crippen LogP contribution in [0.4, 0.5) is 0 Å². The number of nitrogens with two attached hydrogens (primary N) is 1. The second-order valence-corrected chi connectivity index (χ2v) is 1.92. The normalized spacial score (nSPS) is 9.45. The fourth-order valence-corrected chi connectivity index (χ4v) is 0.659. The van der Waals surface area contributed by atoms with Crippen LogP contribution in [0, 0.1) is 4.91 Å². The Morgan fingerprint density at radius 2 is 2.36 bits per heavy atom. The first kappa shape index (κ1) is 7.46. The Bertz CT molecular complexity index is 279. The van der Waals surface area contributed by atoms with Gasteiger partial charge in [-0.15, -0.1) is 0 Å². The van der Waals surface area contributed by atoms with Gasteiger partial charge in [0.25, 0.3) is 5.91 Å². The molecule has 2 N–H and O–H groups in total. The van der Waals surface area contributed by atoms with Gasteiger partial charge in [0.1, 0.15) is 12.3 Å². The second kappa shape index (κ2) is 2.96. The summed E-state index contributed by atoms with van der Waals surface area (Å²) in [6.07, 6.45) is 0. The maximum absolute atomic E-state index is 10.4. The average molecular weight is 154 g/mol. The zero-order valence-electron chi connectivity index (χ0n) is 5.61. The summed E-state index contributed by atoms with van der Waals surface area (Å²) in [6, 6.07) is 2.89. The van der Waals surface area contributed by atoms with Crippen molar-refractivity contribution in [3.63, 3.8) is 0 Å². The number of nitroso groups, excluding NO2 is 1. The molecule has 1 amide bonds. The third-order valence-corrected chi connectivity index (χ3v) is 1.12. The van der Waals surface area contributed by atoms with Gasteiger partial charge in [0.05, 0.1) is 0 Å². The van der Waals surface area contributed by atoms with Crippen molar-refractivity contribution >= 4 is 5.91 Å². The van der Waals surface area contributed by atoms with Gasteiger partial charge in [-0.05, 0) is 12.1 Å². The molecule has 0 aliphatic carbocycles. The maximum Gasteiger partial charge on any atom is 0.284 e. The first-order valence-corrected chi connectivity index (χ1v) is 2.91. The molecule has 1 aromatic rings. The molecule has 0 aliphatic rings. The van der Waals surface area contributed by atoms with E-state index in [0.717, 1.165) is 0 Å². The lowest BCUT2D eigenvalue weighted by molar-refractivity contribution is 0.0972. The van der Waals surface area contributed by atoms with Crippen molar-refractivity contribution in [2.75, 3.05) is 0 Å². The summed E-state index contributed by atoms with van der Waals surface area (Å²) in [7, 11) is 0. The summed E-state index contributed by atoms with van der Waals surface area (Å²) in [6.45, 7) is -0.0761. The number of amides is 1. The Hall–Kier alpha value is -1.65. The summed E-state index contributed by atoms with van der Waals surface area (Å²) in [5, 5.41) is 2.58. The molecule has 1 rings (SSSR count). The van der Waals surface area contributed by atoms with Crippen LogP contribution in [-0.2, 0) is 6.54 Å². The van der Waals surface area contributed by atoms with Crippen molar-refractivity contribution in [2.24, 2.45) is 10.9 Å². The largest absolute Gasteiger partial charge is 0.454 e. The van der Waals surface area contributed by atoms with E-state index in [2.05, 4.69) is 5.18 Å². The van der Waals surface area contributed by atoms with Crippen LogP contribution in [-0.4, -0.2) is 5.91 Å². The minimum Gasteiger partial charge on any atom is -0.454 e. The highest BCUT2D eigenvalue weighted by Crippen LogP contribution is 2.07. The molecule has 0 aromatic carbocycles. The van der Waals surface area contributed by atoms with E-state index in [1.54, 1.807) is 0 Å². The molecular formula is C6H6N2O3. The molecule has 0 radical (unpaired) electrons. The fraction of sp³-hybridized carbons (Fsp3) is 0.167. The van der Waals surface area contributed by atoms with Crippen LogP contribution in [0.15, 0.2) is 21.7 Å². The summed E-state index contributed by atoms with van der Waals surface area (Å²) in [5.74, 6) is -0.264. The van der Waals surface area contributed by atoms with E-state index in [1.165, 1.54) is 12.1 Å². The molecule has 0 bridgehead atoms. The Morgan fingerprint density at radius 3 is 2.82 bits per heavy atom. The number of carbonyl (C=O) groups excluding carboxylic acids is 1. The molecule has 0 aliphatic heterocycles. The first-order chi connectivity index (χ1) is 5.24. The van der Waals surface area contributed by atoms with Crippen molar-refractivity contribution in [2.45, 2.75) is 6.54 Å². The van der Waals surface area contributed by atoms with Crippen molar-refractivity contribution in [3.05, 3.63) is 28.6 Å². The van der Waals surface area contributed by atoms with E-state index in [9.17, 15) is 9.70 Å². The van der Waals surface area contributed by atoms with Crippen LogP contribution >= 0.6 is 0 Å². The monoisotopic (exact) mass is 154 g/mol. The Kier molecular flexibility index (Phi) is 2.00. The van der Waals surface area contributed by atoms with Crippen LogP contribution in [0.3, 0.4) is 0 Å². The molecule has 1 aromatic heterocycles. The van der Waals surface area contributed by atoms with Gasteiger partial charge < -0.3 is 10.2 Å². The molecule has 5 nitrogen and oxygen atoms in total. The molecule has 0 spiro atoms. The molecule has 0 unspecified atom stereocenters. The molecule has 11 heavy (non-hydrogen) atoms. The second-order valence-electron chi connectivity index (χ2n) is 1.92. The van der Waals surface area contributed by atoms with Gasteiger partial charge in [0, 0.05) is 0 Å². The number of nitrogens with zero attached hydrogens (tertiary/aromatic N) is 1. The van der Waals surface area contributed by atoms with Gasteiger partial charge in [-0.3, -0.25) is 4.79 Å². The third kappa shape index (κ3) is 1.64. The number of rotatable bonds is 3. The Morgan fingerprint density at radius 1 is 1.64 bits per heavy atom. The standard InChI is InChI=1S/C6H6N2O3/c7-6(9)5-2-1-4(11-5)3-8-10/h1-2H,3H2,(H2,7,9). The highest BCUT2D eigenvalue weighted by atomic mass is 16.4. The Labute approximate surface area is 62.2 Å². The van der Waals surface area contributed by atoms with Gasteiger partial charge in [-0.2, -0.15) is 4.91 Å². The van der Waals surface area contributed by atoms with E-state index < -0.39 is 5.91 Å². The molecule has 58 valence electrons. The predicted molar refractivity (Wildman–Crippen MR) is 36.7 cm³/mol. The van der Waals surface area contributed by atoms with Gasteiger partial charge in [0.2, 0.25) is 0 Å². The van der Waals surface area contributed by atoms with E-state index >= 15 is 0 Å². The molecule has 0 saturated heterocycles. The fourth-order valence-electron chi connectivity index (χ4n) is 0.659. The van der Waals surface area contributed by atoms with Crippen molar-refractivity contribution in [1.82, 2.24) is 0 Å². The van der Waals surface area contributed by atoms with Crippen LogP contribution in [0.1, 0.15) is 16.3 Å². The molecular weight excluding hydrogens is 148 g/mol. The van der Waals surface area contributed by atoms with Crippen molar-refractivity contribution in [1.29, 1.82) is 0 Å². The quantitative estimate of drug-likeness (QED) is 0.648. The SMILES string of the molecule is NC(=O)c1ccc(CN=O)o1. The average Bonchev–Trinajstić information content (AvgIpc) is 2.37. The molecule has 0 atom stereocenters. The third-order valence-electron chi connectivity index (χ3n) is 1.12. The minimum absolute atomic E-state index is 0.0450. The van der Waals surface area contributed by atoms with E-state index in [0.29, 0.717) is 5.76 Å². The number of hydrogen-bond donors (Lipinski definition) is 1. The number of carbonyl (C=O) groups is 1. The number of hydrogen-bond acceptors (Lipinski definition) is 4. The lowest BCUT2D eigenvalue weighted by Gasteiger charge is -1.85. The summed E-state index contributed by atoms with van der Waals surface area (Å²) >= 11 is 0. The molecule has 5 heteroatoms. The van der Waals surface area contributed by atoms with E-state index in [1.807, 2.05) is 0 Å². The maximum atomic E-state index is 10.4. The molecule has 0 saturated carbocycles. The lowest BCUT2D eigenvalue weighted by Crippen LogP contribution is -2.09.